The number of carbonyl (C=O) groups is 2. The number of carbonyl (C=O) groups excluding carboxylic acids is 2. The number of nitrogens with one attached hydrogen (secondary N) is 2. The minimum absolute atomic E-state index is 0.0126. The summed E-state index contributed by atoms with van der Waals surface area (Å²) in [5, 5.41) is 2.91. The van der Waals surface area contributed by atoms with Crippen LogP contribution < -0.4 is 10.2 Å². The number of Topliss-reactive ketones (excluding diaryl/α,β-unsaturated/α-hetero) is 1. The zero-order valence-electron chi connectivity index (χ0n) is 14.7. The molecule has 2 N–H and O–H groups in total. The lowest BCUT2D eigenvalue weighted by Gasteiger charge is -2.22. The fourth-order valence-corrected chi connectivity index (χ4v) is 2.55. The molecule has 0 radical (unpaired) electrons. The highest BCUT2D eigenvalue weighted by Crippen LogP contribution is 2.11. The molecule has 4 heteroatoms. The van der Waals surface area contributed by atoms with E-state index in [1.165, 1.54) is 18.1 Å². The molecular formula is C20H25N2O2+. The summed E-state index contributed by atoms with van der Waals surface area (Å²) in [5.41, 5.74) is 3.73. The van der Waals surface area contributed by atoms with Crippen molar-refractivity contribution in [2.45, 2.75) is 33.4 Å². The van der Waals surface area contributed by atoms with Crippen LogP contribution in [0.5, 0.6) is 0 Å². The second-order valence-corrected chi connectivity index (χ2v) is 6.30. The van der Waals surface area contributed by atoms with Gasteiger partial charge in [-0.1, -0.05) is 36.4 Å². The van der Waals surface area contributed by atoms with Crippen molar-refractivity contribution in [3.63, 3.8) is 0 Å². The summed E-state index contributed by atoms with van der Waals surface area (Å²) >= 11 is 0. The zero-order chi connectivity index (χ0) is 17.7. The van der Waals surface area contributed by atoms with Crippen LogP contribution in [-0.2, 0) is 11.3 Å². The van der Waals surface area contributed by atoms with E-state index in [1.807, 2.05) is 26.1 Å². The van der Waals surface area contributed by atoms with E-state index >= 15 is 0 Å². The Morgan fingerprint density at radius 1 is 1.12 bits per heavy atom. The molecule has 1 unspecified atom stereocenters. The summed E-state index contributed by atoms with van der Waals surface area (Å²) in [6.45, 7) is 6.30. The summed E-state index contributed by atoms with van der Waals surface area (Å²) < 4.78 is 0. The summed E-state index contributed by atoms with van der Waals surface area (Å²) in [7, 11) is 2.02. The van der Waals surface area contributed by atoms with Crippen LogP contribution >= 0.6 is 0 Å². The van der Waals surface area contributed by atoms with Gasteiger partial charge in [0.25, 0.3) is 5.91 Å². The van der Waals surface area contributed by atoms with Gasteiger partial charge >= 0.3 is 0 Å². The van der Waals surface area contributed by atoms with E-state index < -0.39 is 0 Å². The Morgan fingerprint density at radius 3 is 2.50 bits per heavy atom. The Hall–Kier alpha value is -2.46. The molecule has 2 atom stereocenters. The maximum Gasteiger partial charge on any atom is 0.282 e. The van der Waals surface area contributed by atoms with Crippen LogP contribution in [0.25, 0.3) is 0 Å². The second-order valence-electron chi connectivity index (χ2n) is 6.30. The molecule has 0 saturated heterocycles. The lowest BCUT2D eigenvalue weighted by Crippen LogP contribution is -3.12. The van der Waals surface area contributed by atoms with Crippen molar-refractivity contribution in [2.24, 2.45) is 0 Å². The van der Waals surface area contributed by atoms with Crippen LogP contribution in [0.2, 0.25) is 0 Å². The van der Waals surface area contributed by atoms with Crippen molar-refractivity contribution in [1.82, 2.24) is 0 Å². The average molecular weight is 325 g/mol. The van der Waals surface area contributed by atoms with Gasteiger partial charge in [-0.15, -0.1) is 0 Å². The van der Waals surface area contributed by atoms with E-state index in [0.717, 1.165) is 11.4 Å². The molecule has 0 saturated carbocycles. The molecule has 24 heavy (non-hydrogen) atoms. The molecule has 2 aromatic carbocycles. The summed E-state index contributed by atoms with van der Waals surface area (Å²) in [6.07, 6.45) is 0. The minimum Gasteiger partial charge on any atom is -0.324 e. The highest BCUT2D eigenvalue weighted by Gasteiger charge is 2.22. The molecule has 1 amide bonds. The number of ketones is 1. The van der Waals surface area contributed by atoms with Gasteiger partial charge in [0, 0.05) is 16.8 Å². The fourth-order valence-electron chi connectivity index (χ4n) is 2.55. The summed E-state index contributed by atoms with van der Waals surface area (Å²) in [4.78, 5) is 25.1. The predicted octanol–water partition coefficient (Wildman–Crippen LogP) is 2.24. The molecule has 2 rings (SSSR count). The van der Waals surface area contributed by atoms with Gasteiger partial charge in [0.1, 0.15) is 6.54 Å². The highest BCUT2D eigenvalue weighted by atomic mass is 16.2. The van der Waals surface area contributed by atoms with Gasteiger partial charge in [0.15, 0.2) is 11.8 Å². The van der Waals surface area contributed by atoms with E-state index in [9.17, 15) is 9.59 Å². The largest absolute Gasteiger partial charge is 0.324 e. The summed E-state index contributed by atoms with van der Waals surface area (Å²) in [6, 6.07) is 15.1. The lowest BCUT2D eigenvalue weighted by atomic mass is 10.1. The van der Waals surface area contributed by atoms with Crippen molar-refractivity contribution in [3.8, 4) is 0 Å². The van der Waals surface area contributed by atoms with E-state index in [0.29, 0.717) is 11.3 Å². The van der Waals surface area contributed by atoms with Gasteiger partial charge in [0.05, 0.1) is 7.05 Å². The van der Waals surface area contributed by atoms with Crippen LogP contribution in [0.1, 0.15) is 35.3 Å². The van der Waals surface area contributed by atoms with Crippen LogP contribution in [-0.4, -0.2) is 24.8 Å². The normalized spacial score (nSPS) is 13.2. The molecule has 0 heterocycles. The molecule has 0 bridgehead atoms. The average Bonchev–Trinajstić information content (AvgIpc) is 2.56. The van der Waals surface area contributed by atoms with Crippen molar-refractivity contribution in [2.75, 3.05) is 12.4 Å². The highest BCUT2D eigenvalue weighted by molar-refractivity contribution is 5.97. The van der Waals surface area contributed by atoms with E-state index in [-0.39, 0.29) is 17.7 Å². The first kappa shape index (κ1) is 17.9. The van der Waals surface area contributed by atoms with Crippen LogP contribution in [0.15, 0.2) is 48.5 Å². The topological polar surface area (TPSA) is 50.6 Å². The standard InChI is InChI=1S/C20H24N2O2/c1-14-8-5-6-9-18(14)13-22(4)15(2)20(24)21-19-11-7-10-17(12-19)16(3)23/h5-12,15H,13H2,1-4H3,(H,21,24)/p+1/t15-/m0/s1. The molecule has 4 nitrogen and oxygen atoms in total. The number of rotatable bonds is 6. The third-order valence-corrected chi connectivity index (χ3v) is 4.40. The Labute approximate surface area is 143 Å². The van der Waals surface area contributed by atoms with E-state index in [2.05, 4.69) is 24.4 Å². The number of likely N-dealkylation sites (N-methyl/N-ethyl adjacent to an activating group) is 1. The molecule has 126 valence electrons. The van der Waals surface area contributed by atoms with Gasteiger partial charge in [-0.25, -0.2) is 0 Å². The SMILES string of the molecule is CC(=O)c1cccc(NC(=O)[C@H](C)[NH+](C)Cc2ccccc2C)c1. The molecular weight excluding hydrogens is 300 g/mol. The van der Waals surface area contributed by atoms with Gasteiger partial charge in [-0.2, -0.15) is 0 Å². The van der Waals surface area contributed by atoms with Gasteiger partial charge in [-0.05, 0) is 38.5 Å². The van der Waals surface area contributed by atoms with Crippen LogP contribution in [0, 0.1) is 6.92 Å². The zero-order valence-corrected chi connectivity index (χ0v) is 14.7. The van der Waals surface area contributed by atoms with Crippen LogP contribution in [0.3, 0.4) is 0 Å². The van der Waals surface area contributed by atoms with Crippen LogP contribution in [0.4, 0.5) is 5.69 Å². The van der Waals surface area contributed by atoms with Gasteiger partial charge in [0.2, 0.25) is 0 Å². The maximum absolute atomic E-state index is 12.5. The van der Waals surface area contributed by atoms with Gasteiger partial charge < -0.3 is 10.2 Å². The third kappa shape index (κ3) is 4.52. The monoisotopic (exact) mass is 325 g/mol. The number of aryl methyl sites for hydroxylation is 1. The number of anilines is 1. The molecule has 0 aliphatic carbocycles. The molecule has 0 aromatic heterocycles. The lowest BCUT2D eigenvalue weighted by molar-refractivity contribution is -0.907. The maximum atomic E-state index is 12.5. The van der Waals surface area contributed by atoms with Crippen molar-refractivity contribution in [3.05, 3.63) is 65.2 Å². The number of benzene rings is 2. The Kier molecular flexibility index (Phi) is 5.88. The van der Waals surface area contributed by atoms with Crippen molar-refractivity contribution >= 4 is 17.4 Å². The molecule has 0 spiro atoms. The second kappa shape index (κ2) is 7.88. The van der Waals surface area contributed by atoms with Crippen molar-refractivity contribution in [1.29, 1.82) is 0 Å². The Balaban J connectivity index is 2.02. The fraction of sp³-hybridized carbons (Fsp3) is 0.300. The first-order valence-electron chi connectivity index (χ1n) is 8.17. The number of hydrogen-bond acceptors (Lipinski definition) is 2. The summed E-state index contributed by atoms with van der Waals surface area (Å²) in [5.74, 6) is -0.0665. The third-order valence-electron chi connectivity index (χ3n) is 4.40. The van der Waals surface area contributed by atoms with E-state index in [1.54, 1.807) is 24.3 Å². The smallest absolute Gasteiger partial charge is 0.282 e. The van der Waals surface area contributed by atoms with Crippen molar-refractivity contribution < 1.29 is 14.5 Å². The first-order valence-corrected chi connectivity index (χ1v) is 8.17. The predicted molar refractivity (Wildman–Crippen MR) is 96.3 cm³/mol. The first-order chi connectivity index (χ1) is 11.4. The Morgan fingerprint density at radius 2 is 1.83 bits per heavy atom. The van der Waals surface area contributed by atoms with Gasteiger partial charge in [-0.3, -0.25) is 9.59 Å². The molecule has 2 aromatic rings. The number of hydrogen-bond donors (Lipinski definition) is 2. The minimum atomic E-state index is -0.203. The Bertz CT molecular complexity index is 740. The number of amides is 1. The molecule has 0 fully saturated rings. The molecule has 0 aliphatic heterocycles. The number of quaternary nitrogens is 1. The van der Waals surface area contributed by atoms with E-state index in [4.69, 9.17) is 0 Å². The molecule has 0 aliphatic rings. The quantitative estimate of drug-likeness (QED) is 0.800.